The molecular weight excluding hydrogens is 394 g/mol. The molecule has 0 unspecified atom stereocenters. The summed E-state index contributed by atoms with van der Waals surface area (Å²) in [6, 6.07) is 3.09. The number of aryl methyl sites for hydroxylation is 1. The topological polar surface area (TPSA) is 170 Å². The molecule has 0 aromatic heterocycles. The molecule has 0 atom stereocenters. The van der Waals surface area contributed by atoms with Crippen LogP contribution in [0.4, 0.5) is 0 Å². The van der Waals surface area contributed by atoms with Crippen LogP contribution in [0.5, 0.6) is 0 Å². The van der Waals surface area contributed by atoms with Gasteiger partial charge in [-0.25, -0.2) is 8.42 Å². The van der Waals surface area contributed by atoms with Crippen molar-refractivity contribution < 1.29 is 26.2 Å². The van der Waals surface area contributed by atoms with E-state index in [4.69, 9.17) is 16.0 Å². The van der Waals surface area contributed by atoms with Crippen molar-refractivity contribution in [2.45, 2.75) is 31.1 Å². The van der Waals surface area contributed by atoms with E-state index in [0.29, 0.717) is 17.4 Å². The summed E-state index contributed by atoms with van der Waals surface area (Å²) in [5.74, 6) is -0.998. The first kappa shape index (κ1) is 22.8. The first-order chi connectivity index (χ1) is 12.2. The molecule has 0 spiro atoms. The molecule has 1 aromatic rings. The summed E-state index contributed by atoms with van der Waals surface area (Å²) < 4.78 is 50.1. The molecule has 0 aliphatic heterocycles. The standard InChI is InChI=1S/C15H19N3O3S.CH4O3S/c1-9-7-12(10-5-3-4-6-10)13(22(2,20)21)8-11(9)14(19)18-15(16)17;1-5(2,3)4/h5,7-8H,3-4,6H2,1-2H3,(H4,16,17,18,19);1H3,(H,2,3,4). The van der Waals surface area contributed by atoms with Crippen molar-refractivity contribution in [2.24, 2.45) is 16.5 Å². The fourth-order valence-electron chi connectivity index (χ4n) is 2.57. The number of nitrogens with two attached hydrogens (primary N) is 2. The average molecular weight is 418 g/mol. The fraction of sp³-hybridized carbons (Fsp3) is 0.375. The zero-order valence-electron chi connectivity index (χ0n) is 15.3. The van der Waals surface area contributed by atoms with Gasteiger partial charge in [0.1, 0.15) is 0 Å². The molecule has 2 rings (SSSR count). The zero-order chi connectivity index (χ0) is 21.0. The second kappa shape index (κ2) is 8.63. The van der Waals surface area contributed by atoms with E-state index in [1.165, 1.54) is 6.07 Å². The van der Waals surface area contributed by atoms with Gasteiger partial charge in [-0.1, -0.05) is 6.08 Å². The molecule has 150 valence electrons. The highest BCUT2D eigenvalue weighted by atomic mass is 32.2. The smallest absolute Gasteiger partial charge is 0.280 e. The second-order valence-corrected chi connectivity index (χ2v) is 9.58. The molecule has 1 amide bonds. The fourth-order valence-corrected chi connectivity index (χ4v) is 3.49. The Bertz CT molecular complexity index is 997. The number of benzene rings is 1. The van der Waals surface area contributed by atoms with Crippen LogP contribution in [0.1, 0.15) is 40.7 Å². The number of sulfone groups is 1. The Kier molecular flexibility index (Phi) is 7.29. The van der Waals surface area contributed by atoms with Crippen molar-refractivity contribution in [1.82, 2.24) is 0 Å². The Morgan fingerprint density at radius 1 is 1.15 bits per heavy atom. The van der Waals surface area contributed by atoms with Gasteiger partial charge in [0, 0.05) is 11.8 Å². The highest BCUT2D eigenvalue weighted by Crippen LogP contribution is 2.34. The van der Waals surface area contributed by atoms with Crippen LogP contribution in [-0.4, -0.2) is 45.8 Å². The van der Waals surface area contributed by atoms with Gasteiger partial charge >= 0.3 is 0 Å². The molecule has 27 heavy (non-hydrogen) atoms. The van der Waals surface area contributed by atoms with E-state index in [1.807, 2.05) is 6.08 Å². The Labute approximate surface area is 158 Å². The van der Waals surface area contributed by atoms with Crippen molar-refractivity contribution >= 4 is 37.4 Å². The monoisotopic (exact) mass is 417 g/mol. The highest BCUT2D eigenvalue weighted by Gasteiger charge is 2.22. The van der Waals surface area contributed by atoms with E-state index >= 15 is 0 Å². The number of guanidine groups is 1. The quantitative estimate of drug-likeness (QED) is 0.369. The third-order valence-corrected chi connectivity index (χ3v) is 4.71. The second-order valence-electron chi connectivity index (χ2n) is 6.13. The lowest BCUT2D eigenvalue weighted by Gasteiger charge is -2.13. The third kappa shape index (κ3) is 7.49. The minimum Gasteiger partial charge on any atom is -0.370 e. The van der Waals surface area contributed by atoms with Crippen molar-refractivity contribution in [3.63, 3.8) is 0 Å². The molecular formula is C16H23N3O6S2. The number of hydrogen-bond acceptors (Lipinski definition) is 5. The number of aliphatic imine (C=N–C) groups is 1. The first-order valence-electron chi connectivity index (χ1n) is 7.80. The summed E-state index contributed by atoms with van der Waals surface area (Å²) in [6.07, 6.45) is 6.67. The van der Waals surface area contributed by atoms with E-state index in [1.54, 1.807) is 13.0 Å². The highest BCUT2D eigenvalue weighted by molar-refractivity contribution is 7.90. The SMILES string of the molecule is CS(=O)(=O)O.Cc1cc(C2=CCCC2)c(S(C)(=O)=O)cc1C(=O)N=C(N)N. The van der Waals surface area contributed by atoms with Crippen LogP contribution in [-0.2, 0) is 20.0 Å². The molecule has 0 radical (unpaired) electrons. The summed E-state index contributed by atoms with van der Waals surface area (Å²) in [6.45, 7) is 1.74. The van der Waals surface area contributed by atoms with Gasteiger partial charge in [0.05, 0.1) is 11.2 Å². The number of carbonyl (C=O) groups is 1. The molecule has 5 N–H and O–H groups in total. The van der Waals surface area contributed by atoms with Crippen LogP contribution >= 0.6 is 0 Å². The Hall–Kier alpha value is -2.24. The zero-order valence-corrected chi connectivity index (χ0v) is 16.9. The minimum absolute atomic E-state index is 0.139. The van der Waals surface area contributed by atoms with E-state index in [-0.39, 0.29) is 16.4 Å². The lowest BCUT2D eigenvalue weighted by molar-refractivity contribution is 0.100. The lowest BCUT2D eigenvalue weighted by Crippen LogP contribution is -2.24. The van der Waals surface area contributed by atoms with Gasteiger partial charge in [0.2, 0.25) is 0 Å². The molecule has 0 fully saturated rings. The number of allylic oxidation sites excluding steroid dienone is 2. The van der Waals surface area contributed by atoms with Gasteiger partial charge in [-0.05, 0) is 55.0 Å². The van der Waals surface area contributed by atoms with Gasteiger partial charge in [-0.15, -0.1) is 0 Å². The van der Waals surface area contributed by atoms with E-state index in [2.05, 4.69) is 4.99 Å². The van der Waals surface area contributed by atoms with Crippen LogP contribution in [0.3, 0.4) is 0 Å². The third-order valence-electron chi connectivity index (χ3n) is 3.57. The summed E-state index contributed by atoms with van der Waals surface area (Å²) in [7, 11) is -7.14. The van der Waals surface area contributed by atoms with Crippen LogP contribution in [0, 0.1) is 6.92 Å². The summed E-state index contributed by atoms with van der Waals surface area (Å²) in [5, 5.41) is 0. The predicted molar refractivity (Wildman–Crippen MR) is 104 cm³/mol. The van der Waals surface area contributed by atoms with Crippen molar-refractivity contribution in [2.75, 3.05) is 12.5 Å². The molecule has 9 nitrogen and oxygen atoms in total. The Morgan fingerprint density at radius 3 is 2.11 bits per heavy atom. The van der Waals surface area contributed by atoms with E-state index in [9.17, 15) is 21.6 Å². The van der Waals surface area contributed by atoms with Crippen molar-refractivity contribution in [3.05, 3.63) is 34.9 Å². The first-order valence-corrected chi connectivity index (χ1v) is 11.5. The van der Waals surface area contributed by atoms with Gasteiger partial charge in [0.15, 0.2) is 15.8 Å². The normalized spacial score (nSPS) is 14.0. The molecule has 0 bridgehead atoms. The van der Waals surface area contributed by atoms with E-state index < -0.39 is 25.9 Å². The number of carbonyl (C=O) groups excluding carboxylic acids is 1. The number of nitrogens with zero attached hydrogens (tertiary/aromatic N) is 1. The average Bonchev–Trinajstić information content (AvgIpc) is 2.96. The maximum Gasteiger partial charge on any atom is 0.280 e. The minimum atomic E-state index is -3.67. The predicted octanol–water partition coefficient (Wildman–Crippen LogP) is 0.883. The molecule has 0 heterocycles. The van der Waals surface area contributed by atoms with E-state index in [0.717, 1.165) is 31.1 Å². The van der Waals surface area contributed by atoms with Crippen molar-refractivity contribution in [1.29, 1.82) is 0 Å². The number of hydrogen-bond donors (Lipinski definition) is 3. The van der Waals surface area contributed by atoms with Gasteiger partial charge in [0.25, 0.3) is 16.0 Å². The van der Waals surface area contributed by atoms with Crippen LogP contribution in [0.25, 0.3) is 5.57 Å². The summed E-state index contributed by atoms with van der Waals surface area (Å²) >= 11 is 0. The molecule has 0 saturated carbocycles. The molecule has 0 saturated heterocycles. The Balaban J connectivity index is 0.000000646. The largest absolute Gasteiger partial charge is 0.370 e. The van der Waals surface area contributed by atoms with Gasteiger partial charge < -0.3 is 11.5 Å². The lowest BCUT2D eigenvalue weighted by atomic mass is 9.99. The summed E-state index contributed by atoms with van der Waals surface area (Å²) in [5.41, 5.74) is 12.9. The van der Waals surface area contributed by atoms with Crippen LogP contribution < -0.4 is 11.5 Å². The van der Waals surface area contributed by atoms with Gasteiger partial charge in [-0.3, -0.25) is 9.35 Å². The number of amides is 1. The molecule has 11 heteroatoms. The molecule has 1 aliphatic rings. The van der Waals surface area contributed by atoms with Crippen molar-refractivity contribution in [3.8, 4) is 0 Å². The van der Waals surface area contributed by atoms with Gasteiger partial charge in [-0.2, -0.15) is 13.4 Å². The summed E-state index contributed by atoms with van der Waals surface area (Å²) in [4.78, 5) is 15.7. The molecule has 1 aliphatic carbocycles. The maximum atomic E-state index is 12.1. The maximum absolute atomic E-state index is 12.1. The molecule has 1 aromatic carbocycles. The Morgan fingerprint density at radius 2 is 1.70 bits per heavy atom. The van der Waals surface area contributed by atoms with Crippen LogP contribution in [0.2, 0.25) is 0 Å². The number of rotatable bonds is 3. The van der Waals surface area contributed by atoms with Crippen LogP contribution in [0.15, 0.2) is 28.1 Å².